The summed E-state index contributed by atoms with van der Waals surface area (Å²) in [6.07, 6.45) is 0.154. The third kappa shape index (κ3) is 3.80. The number of nitrogens with zero attached hydrogens (tertiary/aromatic N) is 2. The first-order valence-corrected chi connectivity index (χ1v) is 9.05. The van der Waals surface area contributed by atoms with E-state index in [2.05, 4.69) is 10.4 Å². The summed E-state index contributed by atoms with van der Waals surface area (Å²) in [5.74, 6) is -0.504. The van der Waals surface area contributed by atoms with Crippen molar-refractivity contribution in [1.29, 1.82) is 0 Å². The Balaban J connectivity index is 1.55. The number of halogens is 1. The van der Waals surface area contributed by atoms with Crippen molar-refractivity contribution in [3.05, 3.63) is 87.8 Å². The molecule has 4 aromatic rings. The molecule has 0 spiro atoms. The monoisotopic (exact) mass is 391 g/mol. The highest BCUT2D eigenvalue weighted by atomic mass is 19.1. The first-order valence-electron chi connectivity index (χ1n) is 9.05. The van der Waals surface area contributed by atoms with Crippen molar-refractivity contribution >= 4 is 22.6 Å². The van der Waals surface area contributed by atoms with Crippen molar-refractivity contribution in [2.24, 2.45) is 0 Å². The molecule has 2 aromatic heterocycles. The lowest BCUT2D eigenvalue weighted by Gasteiger charge is -2.08. The van der Waals surface area contributed by atoms with Crippen LogP contribution >= 0.6 is 0 Å². The molecule has 0 bridgehead atoms. The maximum absolute atomic E-state index is 13.2. The highest BCUT2D eigenvalue weighted by Crippen LogP contribution is 2.21. The fourth-order valence-electron chi connectivity index (χ4n) is 3.28. The van der Waals surface area contributed by atoms with E-state index in [0.717, 1.165) is 28.0 Å². The van der Waals surface area contributed by atoms with Gasteiger partial charge in [-0.3, -0.25) is 4.79 Å². The Kier molecular flexibility index (Phi) is 4.72. The summed E-state index contributed by atoms with van der Waals surface area (Å²) in [7, 11) is 0. The van der Waals surface area contributed by atoms with E-state index >= 15 is 0 Å². The summed E-state index contributed by atoms with van der Waals surface area (Å²) in [6, 6.07) is 14.1. The highest BCUT2D eigenvalue weighted by Gasteiger charge is 2.16. The van der Waals surface area contributed by atoms with Gasteiger partial charge in [0.05, 0.1) is 17.8 Å². The predicted octanol–water partition coefficient (Wildman–Crippen LogP) is 3.92. The number of hydrogen-bond donors (Lipinski definition) is 1. The zero-order chi connectivity index (χ0) is 20.5. The lowest BCUT2D eigenvalue weighted by molar-refractivity contribution is -0.115. The van der Waals surface area contributed by atoms with Crippen molar-refractivity contribution < 1.29 is 13.6 Å². The molecular weight excluding hydrogens is 373 g/mol. The fraction of sp³-hybridized carbons (Fsp3) is 0.136. The van der Waals surface area contributed by atoms with E-state index in [9.17, 15) is 14.0 Å². The van der Waals surface area contributed by atoms with Crippen LogP contribution in [0.5, 0.6) is 0 Å². The van der Waals surface area contributed by atoms with Crippen molar-refractivity contribution in [1.82, 2.24) is 9.78 Å². The van der Waals surface area contributed by atoms with Gasteiger partial charge in [-0.05, 0) is 62.4 Å². The summed E-state index contributed by atoms with van der Waals surface area (Å²) in [5.41, 5.74) is 3.76. The SMILES string of the molecule is Cc1nn(-c2ccc(F)cc2)c(C)c1CC(=O)Nc1ccc2oc(=O)ccc2c1. The Morgan fingerprint density at radius 2 is 1.86 bits per heavy atom. The minimum Gasteiger partial charge on any atom is -0.423 e. The Morgan fingerprint density at radius 1 is 1.10 bits per heavy atom. The van der Waals surface area contributed by atoms with Crippen molar-refractivity contribution in [3.8, 4) is 5.69 Å². The summed E-state index contributed by atoms with van der Waals surface area (Å²) in [6.45, 7) is 3.72. The molecule has 0 atom stereocenters. The van der Waals surface area contributed by atoms with Crippen LogP contribution in [0.3, 0.4) is 0 Å². The standard InChI is InChI=1S/C22H18FN3O3/c1-13-19(14(2)26(25-13)18-7-4-16(23)5-8-18)12-21(27)24-17-6-9-20-15(11-17)3-10-22(28)29-20/h3-11H,12H2,1-2H3,(H,24,27). The molecule has 0 unspecified atom stereocenters. The topological polar surface area (TPSA) is 77.1 Å². The number of rotatable bonds is 4. The smallest absolute Gasteiger partial charge is 0.336 e. The van der Waals surface area contributed by atoms with E-state index in [4.69, 9.17) is 4.42 Å². The molecule has 0 aliphatic carbocycles. The van der Waals surface area contributed by atoms with Crippen LogP contribution in [-0.4, -0.2) is 15.7 Å². The molecule has 2 heterocycles. The van der Waals surface area contributed by atoms with Crippen LogP contribution in [0.2, 0.25) is 0 Å². The summed E-state index contributed by atoms with van der Waals surface area (Å²) in [5, 5.41) is 8.08. The van der Waals surface area contributed by atoms with E-state index < -0.39 is 5.63 Å². The van der Waals surface area contributed by atoms with E-state index in [1.807, 2.05) is 13.8 Å². The largest absolute Gasteiger partial charge is 0.423 e. The summed E-state index contributed by atoms with van der Waals surface area (Å²) in [4.78, 5) is 23.9. The molecule has 0 saturated carbocycles. The Morgan fingerprint density at radius 3 is 2.62 bits per heavy atom. The number of nitrogens with one attached hydrogen (secondary N) is 1. The van der Waals surface area contributed by atoms with Gasteiger partial charge in [0.15, 0.2) is 0 Å². The Bertz CT molecular complexity index is 1270. The second kappa shape index (κ2) is 7.35. The average Bonchev–Trinajstić information content (AvgIpc) is 2.97. The van der Waals surface area contributed by atoms with Crippen molar-refractivity contribution in [2.75, 3.05) is 5.32 Å². The number of aryl methyl sites for hydroxylation is 1. The first-order chi connectivity index (χ1) is 13.9. The number of carbonyl (C=O) groups is 1. The lowest BCUT2D eigenvalue weighted by atomic mass is 10.1. The van der Waals surface area contributed by atoms with Gasteiger partial charge < -0.3 is 9.73 Å². The predicted molar refractivity (Wildman–Crippen MR) is 108 cm³/mol. The Hall–Kier alpha value is -3.74. The number of anilines is 1. The summed E-state index contributed by atoms with van der Waals surface area (Å²) < 4.78 is 20.0. The third-order valence-electron chi connectivity index (χ3n) is 4.75. The molecule has 0 aliphatic heterocycles. The van der Waals surface area contributed by atoms with E-state index in [1.54, 1.807) is 41.1 Å². The molecule has 6 nitrogen and oxygen atoms in total. The van der Waals surface area contributed by atoms with Gasteiger partial charge in [-0.1, -0.05) is 0 Å². The van der Waals surface area contributed by atoms with E-state index in [-0.39, 0.29) is 18.1 Å². The normalized spacial score (nSPS) is 11.0. The molecule has 7 heteroatoms. The van der Waals surface area contributed by atoms with Crippen LogP contribution in [0.25, 0.3) is 16.7 Å². The minimum absolute atomic E-state index is 0.154. The lowest BCUT2D eigenvalue weighted by Crippen LogP contribution is -2.15. The van der Waals surface area contributed by atoms with Gasteiger partial charge in [-0.15, -0.1) is 0 Å². The van der Waals surface area contributed by atoms with Gasteiger partial charge in [-0.25, -0.2) is 13.9 Å². The summed E-state index contributed by atoms with van der Waals surface area (Å²) >= 11 is 0. The zero-order valence-electron chi connectivity index (χ0n) is 15.9. The number of benzene rings is 2. The zero-order valence-corrected chi connectivity index (χ0v) is 15.9. The number of fused-ring (bicyclic) bond motifs is 1. The molecule has 4 rings (SSSR count). The van der Waals surface area contributed by atoms with Gasteiger partial charge >= 0.3 is 5.63 Å². The van der Waals surface area contributed by atoms with Crippen molar-refractivity contribution in [3.63, 3.8) is 0 Å². The molecule has 2 aromatic carbocycles. The second-order valence-corrected chi connectivity index (χ2v) is 6.77. The van der Waals surface area contributed by atoms with E-state index in [0.29, 0.717) is 11.3 Å². The molecule has 0 saturated heterocycles. The number of hydrogen-bond acceptors (Lipinski definition) is 4. The molecule has 29 heavy (non-hydrogen) atoms. The second-order valence-electron chi connectivity index (χ2n) is 6.77. The quantitative estimate of drug-likeness (QED) is 0.535. The van der Waals surface area contributed by atoms with Gasteiger partial charge in [-0.2, -0.15) is 5.10 Å². The molecule has 0 fully saturated rings. The van der Waals surface area contributed by atoms with Gasteiger partial charge in [0.1, 0.15) is 11.4 Å². The van der Waals surface area contributed by atoms with E-state index in [1.165, 1.54) is 18.2 Å². The third-order valence-corrected chi connectivity index (χ3v) is 4.75. The number of amides is 1. The number of carbonyl (C=O) groups excluding carboxylic acids is 1. The van der Waals surface area contributed by atoms with Gasteiger partial charge in [0.25, 0.3) is 0 Å². The van der Waals surface area contributed by atoms with Crippen LogP contribution in [-0.2, 0) is 11.2 Å². The molecule has 146 valence electrons. The Labute approximate surface area is 165 Å². The van der Waals surface area contributed by atoms with Crippen molar-refractivity contribution in [2.45, 2.75) is 20.3 Å². The van der Waals surface area contributed by atoms with Crippen LogP contribution in [0.15, 0.2) is 63.8 Å². The van der Waals surface area contributed by atoms with Crippen LogP contribution < -0.4 is 10.9 Å². The van der Waals surface area contributed by atoms with Gasteiger partial charge in [0.2, 0.25) is 5.91 Å². The van der Waals surface area contributed by atoms with Crippen LogP contribution in [0.4, 0.5) is 10.1 Å². The molecule has 0 aliphatic rings. The van der Waals surface area contributed by atoms with Crippen LogP contribution in [0, 0.1) is 19.7 Å². The molecular formula is C22H18FN3O3. The minimum atomic E-state index is -0.418. The van der Waals surface area contributed by atoms with Gasteiger partial charge in [0, 0.05) is 28.4 Å². The average molecular weight is 391 g/mol. The molecule has 1 N–H and O–H groups in total. The maximum atomic E-state index is 13.2. The fourth-order valence-corrected chi connectivity index (χ4v) is 3.28. The molecule has 1 amide bonds. The number of aromatic nitrogens is 2. The van der Waals surface area contributed by atoms with Crippen LogP contribution in [0.1, 0.15) is 17.0 Å². The first kappa shape index (κ1) is 18.6. The molecule has 0 radical (unpaired) electrons. The maximum Gasteiger partial charge on any atom is 0.336 e. The highest BCUT2D eigenvalue weighted by molar-refractivity contribution is 5.94.